The molecule has 3 aromatic carbocycles. The SMILES string of the molecule is NS(=O)(=O)c1ccccc1-c1c2ccc(=Nc3ccccc3SOOO)cc-2oc2ccccc12. The maximum Gasteiger partial charge on any atom is 0.238 e. The van der Waals surface area contributed by atoms with Crippen molar-refractivity contribution in [1.29, 1.82) is 0 Å². The summed E-state index contributed by atoms with van der Waals surface area (Å²) in [6.45, 7) is 0. The summed E-state index contributed by atoms with van der Waals surface area (Å²) in [7, 11) is -3.97. The summed E-state index contributed by atoms with van der Waals surface area (Å²) in [6.07, 6.45) is 0. The molecule has 8 nitrogen and oxygen atoms in total. The fourth-order valence-electron chi connectivity index (χ4n) is 3.92. The highest BCUT2D eigenvalue weighted by Gasteiger charge is 2.22. The molecule has 2 aliphatic rings. The van der Waals surface area contributed by atoms with Crippen molar-refractivity contribution < 1.29 is 27.5 Å². The molecule has 0 saturated heterocycles. The first-order valence-corrected chi connectivity index (χ1v) is 12.6. The van der Waals surface area contributed by atoms with Crippen LogP contribution in [0.25, 0.3) is 33.4 Å². The Morgan fingerprint density at radius 3 is 2.46 bits per heavy atom. The lowest BCUT2D eigenvalue weighted by molar-refractivity contribution is -0.432. The van der Waals surface area contributed by atoms with Crippen LogP contribution in [-0.2, 0) is 19.4 Å². The first kappa shape index (κ1) is 23.2. The van der Waals surface area contributed by atoms with E-state index in [0.717, 1.165) is 17.4 Å². The first-order chi connectivity index (χ1) is 17.0. The molecule has 0 spiro atoms. The van der Waals surface area contributed by atoms with Gasteiger partial charge in [0.1, 0.15) is 11.3 Å². The lowest BCUT2D eigenvalue weighted by Crippen LogP contribution is -2.13. The Labute approximate surface area is 204 Å². The Morgan fingerprint density at radius 1 is 0.886 bits per heavy atom. The van der Waals surface area contributed by atoms with E-state index in [-0.39, 0.29) is 4.90 Å². The number of hydrogen-bond donors (Lipinski definition) is 2. The quantitative estimate of drug-likeness (QED) is 0.135. The van der Waals surface area contributed by atoms with Gasteiger partial charge in [0.15, 0.2) is 0 Å². The molecule has 1 aliphatic heterocycles. The van der Waals surface area contributed by atoms with Gasteiger partial charge < -0.3 is 4.42 Å². The molecule has 3 N–H and O–H groups in total. The number of primary sulfonamides is 1. The highest BCUT2D eigenvalue weighted by Crippen LogP contribution is 2.41. The van der Waals surface area contributed by atoms with E-state index in [2.05, 4.69) is 14.4 Å². The van der Waals surface area contributed by atoms with Gasteiger partial charge in [-0.1, -0.05) is 53.6 Å². The molecule has 0 aromatic heterocycles. The van der Waals surface area contributed by atoms with Crippen LogP contribution in [0.3, 0.4) is 0 Å². The zero-order valence-electron chi connectivity index (χ0n) is 18.0. The van der Waals surface area contributed by atoms with E-state index in [1.54, 1.807) is 48.5 Å². The highest BCUT2D eigenvalue weighted by molar-refractivity contribution is 7.94. The van der Waals surface area contributed by atoms with Crippen molar-refractivity contribution in [2.75, 3.05) is 0 Å². The molecule has 0 atom stereocenters. The molecular weight excluding hydrogens is 488 g/mol. The molecular formula is C25H18N2O6S2. The fourth-order valence-corrected chi connectivity index (χ4v) is 5.10. The van der Waals surface area contributed by atoms with Gasteiger partial charge in [-0.05, 0) is 36.4 Å². The third-order valence-electron chi connectivity index (χ3n) is 5.34. The van der Waals surface area contributed by atoms with E-state index >= 15 is 0 Å². The van der Waals surface area contributed by atoms with Gasteiger partial charge in [0.25, 0.3) is 0 Å². The molecule has 1 heterocycles. The van der Waals surface area contributed by atoms with Crippen LogP contribution in [0.1, 0.15) is 0 Å². The highest BCUT2D eigenvalue weighted by atomic mass is 32.2. The lowest BCUT2D eigenvalue weighted by Gasteiger charge is -2.17. The van der Waals surface area contributed by atoms with Crippen LogP contribution in [0.2, 0.25) is 0 Å². The molecule has 10 heteroatoms. The zero-order chi connectivity index (χ0) is 24.4. The number of rotatable bonds is 6. The molecule has 0 amide bonds. The summed E-state index contributed by atoms with van der Waals surface area (Å²) in [4.78, 5) is 5.33. The van der Waals surface area contributed by atoms with Crippen LogP contribution in [0, 0.1) is 0 Å². The van der Waals surface area contributed by atoms with Crippen molar-refractivity contribution in [3.63, 3.8) is 0 Å². The van der Waals surface area contributed by atoms with Gasteiger partial charge in [-0.3, -0.25) is 0 Å². The number of hydrogen-bond acceptors (Lipinski definition) is 8. The smallest absolute Gasteiger partial charge is 0.238 e. The maximum atomic E-state index is 12.4. The van der Waals surface area contributed by atoms with E-state index in [1.807, 2.05) is 36.4 Å². The van der Waals surface area contributed by atoms with E-state index in [0.29, 0.717) is 44.0 Å². The summed E-state index contributed by atoms with van der Waals surface area (Å²) in [5, 5.41) is 19.1. The Bertz CT molecular complexity index is 1680. The third kappa shape index (κ3) is 4.71. The number of benzene rings is 4. The van der Waals surface area contributed by atoms with Crippen molar-refractivity contribution in [3.05, 3.63) is 96.4 Å². The fraction of sp³-hybridized carbons (Fsp3) is 0. The Hall–Kier alpha value is -3.51. The van der Waals surface area contributed by atoms with Gasteiger partial charge in [-0.25, -0.2) is 23.8 Å². The van der Waals surface area contributed by atoms with Gasteiger partial charge >= 0.3 is 0 Å². The minimum Gasteiger partial charge on any atom is -0.456 e. The van der Waals surface area contributed by atoms with Crippen molar-refractivity contribution in [2.45, 2.75) is 9.79 Å². The summed E-state index contributed by atoms with van der Waals surface area (Å²) in [6, 6.07) is 26.6. The average Bonchev–Trinajstić information content (AvgIpc) is 2.86. The molecule has 0 fully saturated rings. The summed E-state index contributed by atoms with van der Waals surface area (Å²) in [5.74, 6) is 0.518. The van der Waals surface area contributed by atoms with Crippen LogP contribution in [0.15, 0.2) is 110 Å². The normalized spacial score (nSPS) is 12.5. The van der Waals surface area contributed by atoms with E-state index in [1.165, 1.54) is 6.07 Å². The Kier molecular flexibility index (Phi) is 6.39. The average molecular weight is 507 g/mol. The summed E-state index contributed by atoms with van der Waals surface area (Å²) < 4.78 is 35.5. The second-order valence-corrected chi connectivity index (χ2v) is 9.77. The number of fused-ring (bicyclic) bond motifs is 2. The van der Waals surface area contributed by atoms with Crippen LogP contribution in [0.4, 0.5) is 5.69 Å². The number of nitrogens with two attached hydrogens (primary N) is 1. The van der Waals surface area contributed by atoms with Crippen LogP contribution >= 0.6 is 12.0 Å². The minimum absolute atomic E-state index is 0.0310. The number of para-hydroxylation sites is 2. The van der Waals surface area contributed by atoms with Gasteiger partial charge in [-0.2, -0.15) is 0 Å². The molecule has 0 unspecified atom stereocenters. The van der Waals surface area contributed by atoms with Crippen LogP contribution < -0.4 is 10.5 Å². The Balaban J connectivity index is 1.77. The monoisotopic (exact) mass is 506 g/mol. The van der Waals surface area contributed by atoms with E-state index < -0.39 is 10.0 Å². The zero-order valence-corrected chi connectivity index (χ0v) is 19.6. The van der Waals surface area contributed by atoms with Crippen molar-refractivity contribution in [3.8, 4) is 22.5 Å². The van der Waals surface area contributed by atoms with E-state index in [4.69, 9.17) is 14.8 Å². The minimum atomic E-state index is -3.97. The molecule has 0 bridgehead atoms. The predicted octanol–water partition coefficient (Wildman–Crippen LogP) is 5.51. The van der Waals surface area contributed by atoms with Gasteiger partial charge in [0.05, 0.1) is 32.9 Å². The third-order valence-corrected chi connectivity index (χ3v) is 6.97. The molecule has 0 saturated carbocycles. The molecule has 0 radical (unpaired) electrons. The second kappa shape index (κ2) is 9.62. The molecule has 176 valence electrons. The number of nitrogens with zero attached hydrogens (tertiary/aromatic N) is 1. The summed E-state index contributed by atoms with van der Waals surface area (Å²) >= 11 is 0.817. The second-order valence-electron chi connectivity index (χ2n) is 7.50. The molecule has 5 rings (SSSR count). The first-order valence-electron chi connectivity index (χ1n) is 10.3. The maximum absolute atomic E-state index is 12.4. The van der Waals surface area contributed by atoms with Gasteiger partial charge in [-0.15, -0.1) is 4.33 Å². The van der Waals surface area contributed by atoms with Crippen LogP contribution in [-0.4, -0.2) is 13.7 Å². The van der Waals surface area contributed by atoms with Gasteiger partial charge in [0, 0.05) is 28.1 Å². The topological polar surface area (TPSA) is 124 Å². The lowest BCUT2D eigenvalue weighted by atomic mass is 9.94. The number of sulfonamides is 1. The molecule has 1 aliphatic carbocycles. The van der Waals surface area contributed by atoms with Crippen LogP contribution in [0.5, 0.6) is 0 Å². The van der Waals surface area contributed by atoms with Crippen molar-refractivity contribution >= 4 is 38.7 Å². The van der Waals surface area contributed by atoms with Gasteiger partial charge in [0.2, 0.25) is 10.0 Å². The van der Waals surface area contributed by atoms with Crippen molar-refractivity contribution in [1.82, 2.24) is 0 Å². The standard InChI is InChI=1S/C25H18N2O6S2/c26-35(29,30)24-12-6-2-8-19(24)25-17-7-1-4-10-21(17)31-22-15-16(13-14-18(22)25)27-20-9-3-5-11-23(20)34-33-32-28/h1-15,28H,(H2,26,29,30). The largest absolute Gasteiger partial charge is 0.456 e. The predicted molar refractivity (Wildman–Crippen MR) is 132 cm³/mol. The summed E-state index contributed by atoms with van der Waals surface area (Å²) in [5.41, 5.74) is 3.07. The molecule has 35 heavy (non-hydrogen) atoms. The van der Waals surface area contributed by atoms with Crippen molar-refractivity contribution in [2.24, 2.45) is 10.1 Å². The van der Waals surface area contributed by atoms with E-state index in [9.17, 15) is 8.42 Å². The molecule has 3 aromatic rings. The Morgan fingerprint density at radius 2 is 1.63 bits per heavy atom.